The third-order valence-electron chi connectivity index (χ3n) is 7.15. The number of ether oxygens (including phenoxy) is 1. The van der Waals surface area contributed by atoms with Crippen molar-refractivity contribution in [1.82, 2.24) is 4.98 Å². The van der Waals surface area contributed by atoms with E-state index in [1.807, 2.05) is 25.1 Å². The number of hydrogen-bond donors (Lipinski definition) is 0. The Balaban J connectivity index is 1.24. The molecular weight excluding hydrogens is 526 g/mol. The predicted molar refractivity (Wildman–Crippen MR) is 149 cm³/mol. The lowest BCUT2D eigenvalue weighted by Gasteiger charge is -2.22. The third kappa shape index (κ3) is 5.68. The molecule has 0 spiro atoms. The number of amides is 2. The number of fused-ring (bicyclic) bond motifs is 1. The lowest BCUT2D eigenvalue weighted by atomic mass is 9.87. The molecule has 0 N–H and O–H groups in total. The summed E-state index contributed by atoms with van der Waals surface area (Å²) in [5.41, 5.74) is 4.44. The zero-order valence-corrected chi connectivity index (χ0v) is 23.0. The zero-order chi connectivity index (χ0) is 28.4. The number of imide groups is 1. The Labute approximate surface area is 236 Å². The molecule has 1 fully saturated rings. The van der Waals surface area contributed by atoms with E-state index in [1.165, 1.54) is 24.3 Å². The fourth-order valence-corrected chi connectivity index (χ4v) is 5.98. The summed E-state index contributed by atoms with van der Waals surface area (Å²) >= 11 is 1.15. The molecule has 2 amide bonds. The number of esters is 1. The molecule has 1 saturated heterocycles. The number of ketones is 1. The van der Waals surface area contributed by atoms with Gasteiger partial charge in [0.2, 0.25) is 11.8 Å². The van der Waals surface area contributed by atoms with Gasteiger partial charge >= 0.3 is 5.97 Å². The molecule has 1 aliphatic carbocycles. The topological polar surface area (TPSA) is 117 Å². The van der Waals surface area contributed by atoms with Crippen LogP contribution in [0.2, 0.25) is 0 Å². The first-order valence-electron chi connectivity index (χ1n) is 13.1. The van der Waals surface area contributed by atoms with Crippen LogP contribution in [0.25, 0.3) is 0 Å². The number of hydrogen-bond acceptors (Lipinski definition) is 8. The molecule has 202 valence electrons. The van der Waals surface area contributed by atoms with Crippen LogP contribution in [0.5, 0.6) is 0 Å². The van der Waals surface area contributed by atoms with E-state index in [0.29, 0.717) is 27.8 Å². The molecule has 2 unspecified atom stereocenters. The Morgan fingerprint density at radius 3 is 2.48 bits per heavy atom. The first-order chi connectivity index (χ1) is 19.2. The summed E-state index contributed by atoms with van der Waals surface area (Å²) in [6.45, 7) is 3.70. The Kier molecular flexibility index (Phi) is 7.81. The molecule has 0 bridgehead atoms. The van der Waals surface area contributed by atoms with Gasteiger partial charge in [-0.05, 0) is 68.0 Å². The van der Waals surface area contributed by atoms with Gasteiger partial charge in [0.25, 0.3) is 0 Å². The van der Waals surface area contributed by atoms with Crippen molar-refractivity contribution in [3.63, 3.8) is 0 Å². The largest absolute Gasteiger partial charge is 0.454 e. The number of pyridine rings is 1. The molecule has 2 aliphatic rings. The molecule has 1 aromatic heterocycles. The number of carbonyl (C=O) groups is 4. The average Bonchev–Trinajstić information content (AvgIpc) is 3.23. The fraction of sp³-hybridized carbons (Fsp3) is 0.290. The lowest BCUT2D eigenvalue weighted by molar-refractivity contribution is -0.121. The molecule has 40 heavy (non-hydrogen) atoms. The molecule has 3 aromatic rings. The van der Waals surface area contributed by atoms with Crippen molar-refractivity contribution >= 4 is 41.0 Å². The molecule has 2 heterocycles. The van der Waals surface area contributed by atoms with Crippen LogP contribution < -0.4 is 4.90 Å². The second-order valence-corrected chi connectivity index (χ2v) is 11.4. The van der Waals surface area contributed by atoms with Gasteiger partial charge < -0.3 is 4.74 Å². The number of carbonyl (C=O) groups excluding carboxylic acids is 4. The summed E-state index contributed by atoms with van der Waals surface area (Å²) in [7, 11) is 0. The minimum Gasteiger partial charge on any atom is -0.454 e. The molecule has 0 radical (unpaired) electrons. The average molecular weight is 554 g/mol. The number of thioether (sulfide) groups is 1. The van der Waals surface area contributed by atoms with Crippen molar-refractivity contribution in [2.24, 2.45) is 5.92 Å². The summed E-state index contributed by atoms with van der Waals surface area (Å²) in [5.74, 6) is -1.23. The number of rotatable bonds is 7. The number of aryl methyl sites for hydroxylation is 2. The highest BCUT2D eigenvalue weighted by molar-refractivity contribution is 8.00. The van der Waals surface area contributed by atoms with Gasteiger partial charge in [-0.3, -0.25) is 14.4 Å². The second kappa shape index (κ2) is 11.4. The van der Waals surface area contributed by atoms with Gasteiger partial charge in [0.1, 0.15) is 11.1 Å². The Bertz CT molecular complexity index is 1540. The maximum Gasteiger partial charge on any atom is 0.338 e. The van der Waals surface area contributed by atoms with Crippen LogP contribution in [0.3, 0.4) is 0 Å². The predicted octanol–water partition coefficient (Wildman–Crippen LogP) is 4.85. The Hall–Kier alpha value is -4.29. The summed E-state index contributed by atoms with van der Waals surface area (Å²) in [6.07, 6.45) is 2.71. The van der Waals surface area contributed by atoms with Crippen molar-refractivity contribution < 1.29 is 23.9 Å². The Morgan fingerprint density at radius 1 is 1.07 bits per heavy atom. The number of anilines is 1. The zero-order valence-electron chi connectivity index (χ0n) is 22.2. The second-order valence-electron chi connectivity index (χ2n) is 10.2. The maximum absolute atomic E-state index is 13.2. The van der Waals surface area contributed by atoms with Gasteiger partial charge in [0, 0.05) is 17.7 Å². The molecule has 2 atom stereocenters. The van der Waals surface area contributed by atoms with E-state index in [4.69, 9.17) is 9.72 Å². The van der Waals surface area contributed by atoms with Crippen LogP contribution in [0.4, 0.5) is 5.69 Å². The minimum atomic E-state index is -0.704. The molecule has 8 nitrogen and oxygen atoms in total. The van der Waals surface area contributed by atoms with E-state index in [9.17, 15) is 24.4 Å². The number of benzene rings is 2. The van der Waals surface area contributed by atoms with E-state index in [0.717, 1.165) is 52.7 Å². The van der Waals surface area contributed by atoms with Crippen molar-refractivity contribution in [3.8, 4) is 6.07 Å². The van der Waals surface area contributed by atoms with Crippen LogP contribution in [-0.2, 0) is 27.2 Å². The molecular formula is C31H27N3O5S. The number of nitriles is 1. The molecule has 0 saturated carbocycles. The summed E-state index contributed by atoms with van der Waals surface area (Å²) in [6, 6.07) is 16.9. The standard InChI is InChI=1S/C31H27N3O5S/c1-18-3-6-20(7-4-18)26(35)17-39-31(38)21-8-10-24(11-9-21)34-28(36)15-27(30(34)37)40-29-23(16-32)14-22-13-19(2)5-12-25(22)33-29/h3-4,6-11,14,19,27H,5,12-13,15,17H2,1-2H3. The molecule has 1 aliphatic heterocycles. The highest BCUT2D eigenvalue weighted by Gasteiger charge is 2.41. The van der Waals surface area contributed by atoms with Crippen LogP contribution in [0.15, 0.2) is 59.6 Å². The van der Waals surface area contributed by atoms with Crippen LogP contribution >= 0.6 is 11.8 Å². The van der Waals surface area contributed by atoms with Gasteiger partial charge in [-0.2, -0.15) is 5.26 Å². The fourth-order valence-electron chi connectivity index (χ4n) is 4.88. The smallest absolute Gasteiger partial charge is 0.338 e. The maximum atomic E-state index is 13.2. The van der Waals surface area contributed by atoms with Crippen molar-refractivity contribution in [1.29, 1.82) is 5.26 Å². The highest BCUT2D eigenvalue weighted by atomic mass is 32.2. The molecule has 9 heteroatoms. The van der Waals surface area contributed by atoms with E-state index in [-0.39, 0.29) is 23.7 Å². The van der Waals surface area contributed by atoms with Gasteiger partial charge in [-0.1, -0.05) is 48.5 Å². The number of Topliss-reactive ketones (excluding diaryl/α,β-unsaturated/α-hetero) is 1. The Morgan fingerprint density at radius 2 is 1.77 bits per heavy atom. The van der Waals surface area contributed by atoms with Crippen LogP contribution in [0, 0.1) is 24.2 Å². The van der Waals surface area contributed by atoms with E-state index in [2.05, 4.69) is 13.0 Å². The third-order valence-corrected chi connectivity index (χ3v) is 8.33. The van der Waals surface area contributed by atoms with E-state index >= 15 is 0 Å². The van der Waals surface area contributed by atoms with E-state index < -0.39 is 23.7 Å². The minimum absolute atomic E-state index is 0.0188. The van der Waals surface area contributed by atoms with Crippen LogP contribution in [-0.4, -0.2) is 40.4 Å². The first kappa shape index (κ1) is 27.3. The van der Waals surface area contributed by atoms with Gasteiger partial charge in [-0.15, -0.1) is 0 Å². The monoisotopic (exact) mass is 553 g/mol. The molecule has 2 aromatic carbocycles. The highest BCUT2D eigenvalue weighted by Crippen LogP contribution is 2.36. The van der Waals surface area contributed by atoms with Crippen molar-refractivity contribution in [2.45, 2.75) is 49.8 Å². The summed E-state index contributed by atoms with van der Waals surface area (Å²) in [4.78, 5) is 56.7. The van der Waals surface area contributed by atoms with Gasteiger partial charge in [-0.25, -0.2) is 14.7 Å². The summed E-state index contributed by atoms with van der Waals surface area (Å²) in [5, 5.41) is 9.46. The van der Waals surface area contributed by atoms with Gasteiger partial charge in [0.15, 0.2) is 12.4 Å². The summed E-state index contributed by atoms with van der Waals surface area (Å²) < 4.78 is 5.16. The first-order valence-corrected chi connectivity index (χ1v) is 13.9. The number of nitrogens with zero attached hydrogens (tertiary/aromatic N) is 3. The van der Waals surface area contributed by atoms with Gasteiger partial charge in [0.05, 0.1) is 22.1 Å². The van der Waals surface area contributed by atoms with Crippen molar-refractivity contribution in [2.75, 3.05) is 11.5 Å². The van der Waals surface area contributed by atoms with E-state index in [1.54, 1.807) is 12.1 Å². The SMILES string of the molecule is Cc1ccc(C(=O)COC(=O)c2ccc(N3C(=O)CC(Sc4nc5c(cc4C#N)CC(C)CC5)C3=O)cc2)cc1. The number of aromatic nitrogens is 1. The lowest BCUT2D eigenvalue weighted by Crippen LogP contribution is -2.31. The molecule has 5 rings (SSSR count). The quantitative estimate of drug-likeness (QED) is 0.232. The van der Waals surface area contributed by atoms with Crippen LogP contribution in [0.1, 0.15) is 62.9 Å². The normalized spacial score (nSPS) is 18.3. The van der Waals surface area contributed by atoms with Crippen molar-refractivity contribution in [3.05, 3.63) is 88.1 Å².